The van der Waals surface area contributed by atoms with Gasteiger partial charge in [0.05, 0.1) is 17.8 Å². The molecule has 130 valence electrons. The number of nitrogens with zero attached hydrogens (tertiary/aromatic N) is 1. The van der Waals surface area contributed by atoms with E-state index >= 15 is 0 Å². The van der Waals surface area contributed by atoms with Crippen LogP contribution in [0.2, 0.25) is 0 Å². The van der Waals surface area contributed by atoms with Gasteiger partial charge in [-0.2, -0.15) is 0 Å². The Bertz CT molecular complexity index is 690. The van der Waals surface area contributed by atoms with Gasteiger partial charge in [0.1, 0.15) is 0 Å². The van der Waals surface area contributed by atoms with Crippen LogP contribution in [0.25, 0.3) is 10.9 Å². The van der Waals surface area contributed by atoms with Crippen LogP contribution in [0.3, 0.4) is 0 Å². The number of hydrogen-bond acceptors (Lipinski definition) is 3. The highest BCUT2D eigenvalue weighted by atomic mass is 16.5. The molecule has 3 rings (SSSR count). The van der Waals surface area contributed by atoms with Crippen molar-refractivity contribution in [1.29, 1.82) is 0 Å². The van der Waals surface area contributed by atoms with Crippen molar-refractivity contribution >= 4 is 16.9 Å². The monoisotopic (exact) mass is 328 g/mol. The molecular formula is C20H28N2O2. The molecule has 0 spiro atoms. The third kappa shape index (κ3) is 3.97. The minimum Gasteiger partial charge on any atom is -0.466 e. The summed E-state index contributed by atoms with van der Waals surface area (Å²) in [5.74, 6) is -0.0686. The fourth-order valence-electron chi connectivity index (χ4n) is 3.73. The fourth-order valence-corrected chi connectivity index (χ4v) is 3.73. The second-order valence-electron chi connectivity index (χ2n) is 6.69. The van der Waals surface area contributed by atoms with Gasteiger partial charge in [0.15, 0.2) is 0 Å². The largest absolute Gasteiger partial charge is 0.466 e. The third-order valence-electron chi connectivity index (χ3n) is 4.95. The average molecular weight is 328 g/mol. The molecule has 0 aromatic carbocycles. The zero-order chi connectivity index (χ0) is 16.8. The number of nitrogens with one attached hydrogen (secondary N) is 1. The first-order valence-corrected chi connectivity index (χ1v) is 9.42. The summed E-state index contributed by atoms with van der Waals surface area (Å²) in [4.78, 5) is 19.6. The smallest absolute Gasteiger partial charge is 0.305 e. The molecule has 0 unspecified atom stereocenters. The molecule has 0 amide bonds. The van der Waals surface area contributed by atoms with Crippen molar-refractivity contribution in [2.24, 2.45) is 0 Å². The summed E-state index contributed by atoms with van der Waals surface area (Å²) in [5.41, 5.74) is 5.41. The third-order valence-corrected chi connectivity index (χ3v) is 4.95. The Morgan fingerprint density at radius 2 is 2.04 bits per heavy atom. The van der Waals surface area contributed by atoms with Crippen LogP contribution < -0.4 is 0 Å². The molecule has 0 radical (unpaired) electrons. The van der Waals surface area contributed by atoms with Gasteiger partial charge in [-0.25, -0.2) is 0 Å². The van der Waals surface area contributed by atoms with E-state index in [1.165, 1.54) is 53.5 Å². The van der Waals surface area contributed by atoms with E-state index in [9.17, 15) is 4.79 Å². The number of ether oxygens (including phenoxy) is 1. The first-order chi connectivity index (χ1) is 11.8. The van der Waals surface area contributed by atoms with Gasteiger partial charge in [0, 0.05) is 23.7 Å². The van der Waals surface area contributed by atoms with Crippen LogP contribution in [0.15, 0.2) is 12.3 Å². The number of pyridine rings is 1. The number of carbonyl (C=O) groups excluding carboxylic acids is 1. The molecular weight excluding hydrogens is 300 g/mol. The van der Waals surface area contributed by atoms with Gasteiger partial charge in [-0.15, -0.1) is 0 Å². The molecule has 4 heteroatoms. The number of aromatic amines is 1. The highest BCUT2D eigenvalue weighted by Gasteiger charge is 2.17. The second-order valence-corrected chi connectivity index (χ2v) is 6.69. The van der Waals surface area contributed by atoms with Crippen molar-refractivity contribution in [3.63, 3.8) is 0 Å². The first-order valence-electron chi connectivity index (χ1n) is 9.42. The maximum atomic E-state index is 11.3. The topological polar surface area (TPSA) is 55.0 Å². The molecule has 1 aliphatic carbocycles. The summed E-state index contributed by atoms with van der Waals surface area (Å²) < 4.78 is 4.95. The van der Waals surface area contributed by atoms with Crippen molar-refractivity contribution < 1.29 is 9.53 Å². The minimum atomic E-state index is -0.0686. The van der Waals surface area contributed by atoms with Crippen molar-refractivity contribution in [2.75, 3.05) is 6.61 Å². The molecule has 2 aromatic rings. The Morgan fingerprint density at radius 3 is 2.92 bits per heavy atom. The van der Waals surface area contributed by atoms with Gasteiger partial charge in [0.2, 0.25) is 0 Å². The van der Waals surface area contributed by atoms with Gasteiger partial charge in [-0.1, -0.05) is 12.8 Å². The lowest BCUT2D eigenvalue weighted by Crippen LogP contribution is -2.03. The zero-order valence-corrected chi connectivity index (χ0v) is 14.7. The number of unbranched alkanes of at least 4 members (excludes halogenated alkanes) is 3. The Balaban J connectivity index is 1.51. The van der Waals surface area contributed by atoms with E-state index in [0.717, 1.165) is 32.1 Å². The molecule has 24 heavy (non-hydrogen) atoms. The van der Waals surface area contributed by atoms with Crippen LogP contribution in [0.5, 0.6) is 0 Å². The predicted octanol–water partition coefficient (Wildman–Crippen LogP) is 4.50. The number of aryl methyl sites for hydroxylation is 3. The molecule has 0 atom stereocenters. The number of carbonyl (C=O) groups is 1. The SMILES string of the molecule is CCOC(=O)CCCCCCc1nccc2c3c([nH]c12)CCCC3. The molecule has 4 nitrogen and oxygen atoms in total. The number of aromatic nitrogens is 2. The predicted molar refractivity (Wildman–Crippen MR) is 96.2 cm³/mol. The molecule has 0 saturated carbocycles. The number of fused-ring (bicyclic) bond motifs is 3. The van der Waals surface area contributed by atoms with Gasteiger partial charge in [-0.3, -0.25) is 9.78 Å². The Kier molecular flexibility index (Phi) is 5.89. The lowest BCUT2D eigenvalue weighted by molar-refractivity contribution is -0.143. The molecule has 0 fully saturated rings. The lowest BCUT2D eigenvalue weighted by Gasteiger charge is -2.10. The number of esters is 1. The number of hydrogen-bond donors (Lipinski definition) is 1. The van der Waals surface area contributed by atoms with Crippen LogP contribution >= 0.6 is 0 Å². The van der Waals surface area contributed by atoms with Crippen LogP contribution in [0, 0.1) is 0 Å². The lowest BCUT2D eigenvalue weighted by atomic mass is 9.96. The van der Waals surface area contributed by atoms with Gasteiger partial charge in [0.25, 0.3) is 0 Å². The van der Waals surface area contributed by atoms with Crippen LogP contribution in [0.4, 0.5) is 0 Å². The average Bonchev–Trinajstić information content (AvgIpc) is 2.98. The van der Waals surface area contributed by atoms with E-state index < -0.39 is 0 Å². The standard InChI is InChI=1S/C20H28N2O2/c1-2-24-19(23)12-6-4-3-5-11-18-20-16(13-14-21-18)15-9-7-8-10-17(15)22-20/h13-14,22H,2-12H2,1H3. The summed E-state index contributed by atoms with van der Waals surface area (Å²) in [7, 11) is 0. The first kappa shape index (κ1) is 17.0. The molecule has 0 saturated heterocycles. The highest BCUT2D eigenvalue weighted by Crippen LogP contribution is 2.30. The summed E-state index contributed by atoms with van der Waals surface area (Å²) in [6.45, 7) is 2.33. The van der Waals surface area contributed by atoms with Crippen molar-refractivity contribution in [2.45, 2.75) is 71.1 Å². The van der Waals surface area contributed by atoms with Crippen LogP contribution in [0.1, 0.15) is 68.8 Å². The van der Waals surface area contributed by atoms with E-state index in [-0.39, 0.29) is 5.97 Å². The van der Waals surface area contributed by atoms with E-state index in [2.05, 4.69) is 16.0 Å². The van der Waals surface area contributed by atoms with Crippen LogP contribution in [-0.4, -0.2) is 22.5 Å². The number of H-pyrrole nitrogens is 1. The van der Waals surface area contributed by atoms with Crippen LogP contribution in [-0.2, 0) is 28.8 Å². The molecule has 0 bridgehead atoms. The normalized spacial score (nSPS) is 13.9. The van der Waals surface area contributed by atoms with E-state index in [1.54, 1.807) is 0 Å². The summed E-state index contributed by atoms with van der Waals surface area (Å²) in [5, 5.41) is 1.39. The van der Waals surface area contributed by atoms with E-state index in [0.29, 0.717) is 13.0 Å². The van der Waals surface area contributed by atoms with Gasteiger partial charge in [-0.05, 0) is 63.5 Å². The molecule has 1 N–H and O–H groups in total. The highest BCUT2D eigenvalue weighted by molar-refractivity contribution is 5.86. The summed E-state index contributed by atoms with van der Waals surface area (Å²) >= 11 is 0. The maximum absolute atomic E-state index is 11.3. The van der Waals surface area contributed by atoms with Crippen molar-refractivity contribution in [3.05, 3.63) is 29.2 Å². The van der Waals surface area contributed by atoms with Crippen molar-refractivity contribution in [1.82, 2.24) is 9.97 Å². The second kappa shape index (κ2) is 8.32. The number of rotatable bonds is 8. The fraction of sp³-hybridized carbons (Fsp3) is 0.600. The van der Waals surface area contributed by atoms with E-state index in [1.807, 2.05) is 13.1 Å². The molecule has 0 aliphatic heterocycles. The molecule has 2 aromatic heterocycles. The van der Waals surface area contributed by atoms with Gasteiger partial charge >= 0.3 is 5.97 Å². The molecule has 2 heterocycles. The minimum absolute atomic E-state index is 0.0686. The Morgan fingerprint density at radius 1 is 1.21 bits per heavy atom. The Labute approximate surface area is 144 Å². The summed E-state index contributed by atoms with van der Waals surface area (Å²) in [6.07, 6.45) is 12.8. The Hall–Kier alpha value is -1.84. The van der Waals surface area contributed by atoms with Gasteiger partial charge < -0.3 is 9.72 Å². The van der Waals surface area contributed by atoms with E-state index in [4.69, 9.17) is 4.74 Å². The zero-order valence-electron chi connectivity index (χ0n) is 14.7. The quantitative estimate of drug-likeness (QED) is 0.573. The molecule has 1 aliphatic rings. The van der Waals surface area contributed by atoms with Crippen molar-refractivity contribution in [3.8, 4) is 0 Å². The maximum Gasteiger partial charge on any atom is 0.305 e. The summed E-state index contributed by atoms with van der Waals surface area (Å²) in [6, 6.07) is 2.17.